The molecule has 22 heavy (non-hydrogen) atoms. The van der Waals surface area contributed by atoms with Crippen molar-refractivity contribution in [2.75, 3.05) is 6.54 Å². The van der Waals surface area contributed by atoms with Gasteiger partial charge in [-0.15, -0.1) is 0 Å². The van der Waals surface area contributed by atoms with Gasteiger partial charge in [0.1, 0.15) is 4.99 Å². The number of nitrogens with two attached hydrogens (primary N) is 2. The fourth-order valence-electron chi connectivity index (χ4n) is 2.21. The van der Waals surface area contributed by atoms with Crippen LogP contribution in [-0.2, 0) is 9.31 Å². The molecule has 0 aliphatic carbocycles. The van der Waals surface area contributed by atoms with E-state index in [2.05, 4.69) is 0 Å². The Morgan fingerprint density at radius 1 is 1.23 bits per heavy atom. The molecule has 4 nitrogen and oxygen atoms in total. The topological polar surface area (TPSA) is 70.5 Å². The molecule has 1 saturated heterocycles. The van der Waals surface area contributed by atoms with E-state index in [-0.39, 0.29) is 11.2 Å². The Morgan fingerprint density at radius 3 is 2.32 bits per heavy atom. The van der Waals surface area contributed by atoms with Crippen molar-refractivity contribution in [1.29, 1.82) is 0 Å². The molecular weight excluding hydrogens is 295 g/mol. The summed E-state index contributed by atoms with van der Waals surface area (Å²) in [7, 11) is -0.441. The highest BCUT2D eigenvalue weighted by atomic mass is 32.1. The molecular formula is C16H23BN2O2S. The molecule has 6 heteroatoms. The van der Waals surface area contributed by atoms with Gasteiger partial charge in [-0.05, 0) is 44.8 Å². The second-order valence-corrected chi connectivity index (χ2v) is 6.94. The maximum atomic E-state index is 6.05. The number of benzene rings is 1. The van der Waals surface area contributed by atoms with E-state index in [1.54, 1.807) is 0 Å². The molecule has 0 unspecified atom stereocenters. The van der Waals surface area contributed by atoms with Crippen LogP contribution in [0.4, 0.5) is 0 Å². The van der Waals surface area contributed by atoms with Gasteiger partial charge in [0.15, 0.2) is 0 Å². The van der Waals surface area contributed by atoms with Crippen LogP contribution in [-0.4, -0.2) is 29.9 Å². The van der Waals surface area contributed by atoms with Crippen LogP contribution >= 0.6 is 12.2 Å². The van der Waals surface area contributed by atoms with Gasteiger partial charge in [0.05, 0.1) is 11.2 Å². The lowest BCUT2D eigenvalue weighted by molar-refractivity contribution is 0.00578. The summed E-state index contributed by atoms with van der Waals surface area (Å²) in [5.41, 5.74) is 13.5. The van der Waals surface area contributed by atoms with Gasteiger partial charge < -0.3 is 20.8 Å². The van der Waals surface area contributed by atoms with Gasteiger partial charge in [-0.25, -0.2) is 0 Å². The highest BCUT2D eigenvalue weighted by Gasteiger charge is 2.52. The van der Waals surface area contributed by atoms with E-state index < -0.39 is 7.12 Å². The number of hydrogen-bond acceptors (Lipinski definition) is 4. The zero-order valence-electron chi connectivity index (χ0n) is 13.6. The fraction of sp³-hybridized carbons (Fsp3) is 0.438. The van der Waals surface area contributed by atoms with E-state index >= 15 is 0 Å². The number of thiocarbonyl (C=S) groups is 1. The van der Waals surface area contributed by atoms with Crippen molar-refractivity contribution in [3.8, 4) is 0 Å². The molecule has 0 radical (unpaired) electrons. The van der Waals surface area contributed by atoms with Gasteiger partial charge in [0.25, 0.3) is 0 Å². The Balaban J connectivity index is 2.29. The first kappa shape index (κ1) is 17.2. The molecule has 1 aliphatic rings. The Morgan fingerprint density at radius 2 is 1.82 bits per heavy atom. The molecule has 4 N–H and O–H groups in total. The van der Waals surface area contributed by atoms with Crippen LogP contribution in [0.1, 0.15) is 38.8 Å². The van der Waals surface area contributed by atoms with Crippen molar-refractivity contribution in [1.82, 2.24) is 0 Å². The Hall–Kier alpha value is -1.21. The van der Waals surface area contributed by atoms with Gasteiger partial charge in [-0.1, -0.05) is 36.5 Å². The molecule has 118 valence electrons. The molecule has 0 saturated carbocycles. The van der Waals surface area contributed by atoms with Crippen LogP contribution in [0.15, 0.2) is 29.7 Å². The van der Waals surface area contributed by atoms with Crippen molar-refractivity contribution in [2.45, 2.75) is 38.9 Å². The predicted molar refractivity (Wildman–Crippen MR) is 95.4 cm³/mol. The summed E-state index contributed by atoms with van der Waals surface area (Å²) >= 11 is 5.01. The third kappa shape index (κ3) is 3.41. The number of rotatable bonds is 4. The molecule has 0 amide bonds. The maximum Gasteiger partial charge on any atom is 0.491 e. The third-order valence-electron chi connectivity index (χ3n) is 4.31. The lowest BCUT2D eigenvalue weighted by Gasteiger charge is -2.32. The Bertz CT molecular complexity index is 598. The normalized spacial score (nSPS) is 20.2. The number of hydrogen-bond donors (Lipinski definition) is 2. The first-order valence-corrected chi connectivity index (χ1v) is 7.73. The molecule has 1 aromatic carbocycles. The highest BCUT2D eigenvalue weighted by molar-refractivity contribution is 7.80. The second kappa shape index (κ2) is 6.12. The van der Waals surface area contributed by atoms with Crippen molar-refractivity contribution in [2.24, 2.45) is 11.5 Å². The standard InChI is InChI=1S/C16H23BN2O2S/c1-15(2)16(3,4)21-17(20-15)13(10-18)9-11-6-5-7-12(8-11)14(19)22/h5-9H,10,18H2,1-4H3,(H2,19,22). The van der Waals surface area contributed by atoms with Crippen LogP contribution in [0.25, 0.3) is 6.08 Å². The van der Waals surface area contributed by atoms with Crippen LogP contribution in [0, 0.1) is 0 Å². The maximum absolute atomic E-state index is 6.05. The SMILES string of the molecule is CC1(C)OB(C(=Cc2cccc(C(N)=S)c2)CN)OC1(C)C. The molecule has 1 fully saturated rings. The molecule has 0 bridgehead atoms. The van der Waals surface area contributed by atoms with Crippen LogP contribution < -0.4 is 11.5 Å². The first-order valence-electron chi connectivity index (χ1n) is 7.32. The van der Waals surface area contributed by atoms with Crippen LogP contribution in [0.3, 0.4) is 0 Å². The van der Waals surface area contributed by atoms with Crippen molar-refractivity contribution >= 4 is 30.4 Å². The van der Waals surface area contributed by atoms with Crippen molar-refractivity contribution in [3.05, 3.63) is 40.9 Å². The minimum Gasteiger partial charge on any atom is -0.400 e. The zero-order chi connectivity index (χ0) is 16.5. The van der Waals surface area contributed by atoms with Gasteiger partial charge in [-0.2, -0.15) is 0 Å². The summed E-state index contributed by atoms with van der Waals surface area (Å²) in [5.74, 6) is 0. The van der Waals surface area contributed by atoms with Crippen molar-refractivity contribution < 1.29 is 9.31 Å². The van der Waals surface area contributed by atoms with Gasteiger partial charge in [-0.3, -0.25) is 0 Å². The highest BCUT2D eigenvalue weighted by Crippen LogP contribution is 2.38. The minimum atomic E-state index is -0.441. The van der Waals surface area contributed by atoms with E-state index in [4.69, 9.17) is 33.0 Å². The van der Waals surface area contributed by atoms with E-state index in [9.17, 15) is 0 Å². The minimum absolute atomic E-state index is 0.355. The largest absolute Gasteiger partial charge is 0.491 e. The summed E-state index contributed by atoms with van der Waals surface area (Å²) in [6, 6.07) is 7.71. The Labute approximate surface area is 138 Å². The molecule has 0 atom stereocenters. The van der Waals surface area contributed by atoms with Gasteiger partial charge in [0, 0.05) is 12.1 Å². The van der Waals surface area contributed by atoms with Gasteiger partial charge >= 0.3 is 7.12 Å². The summed E-state index contributed by atoms with van der Waals surface area (Å²) < 4.78 is 12.1. The van der Waals surface area contributed by atoms with Crippen LogP contribution in [0.5, 0.6) is 0 Å². The van der Waals surface area contributed by atoms with Gasteiger partial charge in [0.2, 0.25) is 0 Å². The monoisotopic (exact) mass is 318 g/mol. The molecule has 1 heterocycles. The first-order chi connectivity index (χ1) is 10.2. The van der Waals surface area contributed by atoms with Crippen molar-refractivity contribution in [3.63, 3.8) is 0 Å². The smallest absolute Gasteiger partial charge is 0.400 e. The molecule has 0 aromatic heterocycles. The lowest BCUT2D eigenvalue weighted by atomic mass is 9.77. The molecule has 2 rings (SSSR count). The zero-order valence-corrected chi connectivity index (χ0v) is 14.4. The predicted octanol–water partition coefficient (Wildman–Crippen LogP) is 2.29. The van der Waals surface area contributed by atoms with E-state index in [1.807, 2.05) is 58.0 Å². The summed E-state index contributed by atoms with van der Waals surface area (Å²) in [5, 5.41) is 0. The van der Waals surface area contributed by atoms with E-state index in [1.165, 1.54) is 0 Å². The molecule has 0 spiro atoms. The quantitative estimate of drug-likeness (QED) is 0.658. The second-order valence-electron chi connectivity index (χ2n) is 6.50. The summed E-state index contributed by atoms with van der Waals surface area (Å²) in [6.45, 7) is 8.45. The summed E-state index contributed by atoms with van der Waals surface area (Å²) in [4.78, 5) is 0.375. The summed E-state index contributed by atoms with van der Waals surface area (Å²) in [6.07, 6.45) is 1.98. The average molecular weight is 318 g/mol. The van der Waals surface area contributed by atoms with E-state index in [0.717, 1.165) is 16.6 Å². The van der Waals surface area contributed by atoms with E-state index in [0.29, 0.717) is 11.5 Å². The van der Waals surface area contributed by atoms with Crippen LogP contribution in [0.2, 0.25) is 0 Å². The lowest BCUT2D eigenvalue weighted by Crippen LogP contribution is -2.41. The average Bonchev–Trinajstić information content (AvgIpc) is 2.65. The Kier molecular flexibility index (Phi) is 4.77. The third-order valence-corrected chi connectivity index (χ3v) is 4.55. The molecule has 1 aliphatic heterocycles. The molecule has 1 aromatic rings. The fourth-order valence-corrected chi connectivity index (χ4v) is 2.34.